The zero-order chi connectivity index (χ0) is 23.3. The highest BCUT2D eigenvalue weighted by Crippen LogP contribution is 2.36. The van der Waals surface area contributed by atoms with Crippen LogP contribution in [0.4, 0.5) is 5.69 Å². The first-order valence-corrected chi connectivity index (χ1v) is 10.8. The predicted molar refractivity (Wildman–Crippen MR) is 126 cm³/mol. The van der Waals surface area contributed by atoms with Crippen LogP contribution in [-0.4, -0.2) is 44.8 Å². The number of nitrogens with zero attached hydrogens (tertiary/aromatic N) is 2. The van der Waals surface area contributed by atoms with Crippen molar-refractivity contribution in [1.29, 1.82) is 0 Å². The van der Waals surface area contributed by atoms with Crippen LogP contribution in [0.3, 0.4) is 0 Å². The summed E-state index contributed by atoms with van der Waals surface area (Å²) in [6.45, 7) is 7.58. The molecule has 3 rings (SSSR count). The van der Waals surface area contributed by atoms with Crippen molar-refractivity contribution in [3.05, 3.63) is 71.2 Å². The average molecular weight is 453 g/mol. The number of benzene rings is 2. The van der Waals surface area contributed by atoms with E-state index in [1.165, 1.54) is 16.7 Å². The zero-order valence-electron chi connectivity index (χ0n) is 17.8. The van der Waals surface area contributed by atoms with Gasteiger partial charge in [0.2, 0.25) is 0 Å². The molecular formula is C24H24N2O5S. The van der Waals surface area contributed by atoms with Crippen molar-refractivity contribution in [2.24, 2.45) is 4.99 Å². The van der Waals surface area contributed by atoms with Crippen LogP contribution in [0.1, 0.15) is 24.5 Å². The van der Waals surface area contributed by atoms with Gasteiger partial charge in [0.25, 0.3) is 5.91 Å². The number of carbonyl (C=O) groups excluding carboxylic acids is 1. The van der Waals surface area contributed by atoms with E-state index in [1.807, 2.05) is 13.0 Å². The Kier molecular flexibility index (Phi) is 7.37. The van der Waals surface area contributed by atoms with Crippen LogP contribution in [0.15, 0.2) is 65.0 Å². The monoisotopic (exact) mass is 452 g/mol. The number of amides is 1. The van der Waals surface area contributed by atoms with Gasteiger partial charge in [0.05, 0.1) is 4.91 Å². The Morgan fingerprint density at radius 3 is 2.75 bits per heavy atom. The number of phenolic OH excluding ortho intramolecular Hbond substituents is 1. The van der Waals surface area contributed by atoms with Gasteiger partial charge in [-0.2, -0.15) is 0 Å². The van der Waals surface area contributed by atoms with E-state index in [0.717, 1.165) is 5.56 Å². The zero-order valence-corrected chi connectivity index (χ0v) is 18.6. The molecule has 0 bridgehead atoms. The Hall–Kier alpha value is -3.52. The highest BCUT2D eigenvalue weighted by atomic mass is 32.2. The molecule has 2 aromatic rings. The topological polar surface area (TPSA) is 99.4 Å². The Labute approximate surface area is 190 Å². The highest BCUT2D eigenvalue weighted by molar-refractivity contribution is 8.18. The number of hydrogen-bond acceptors (Lipinski definition) is 6. The summed E-state index contributed by atoms with van der Waals surface area (Å²) in [6.07, 6.45) is 2.70. The van der Waals surface area contributed by atoms with Crippen LogP contribution < -0.4 is 4.74 Å². The fourth-order valence-electron chi connectivity index (χ4n) is 3.01. The molecule has 0 radical (unpaired) electrons. The molecule has 8 heteroatoms. The first-order chi connectivity index (χ1) is 15.3. The molecule has 1 aliphatic heterocycles. The van der Waals surface area contributed by atoms with E-state index in [0.29, 0.717) is 33.5 Å². The summed E-state index contributed by atoms with van der Waals surface area (Å²) in [5, 5.41) is 19.8. The number of carboxylic acids is 1. The number of phenols is 1. The Balaban J connectivity index is 1.90. The van der Waals surface area contributed by atoms with Gasteiger partial charge in [-0.3, -0.25) is 9.69 Å². The van der Waals surface area contributed by atoms with Crippen molar-refractivity contribution in [2.75, 3.05) is 6.54 Å². The van der Waals surface area contributed by atoms with Gasteiger partial charge in [0, 0.05) is 6.54 Å². The minimum Gasteiger partial charge on any atom is -0.506 e. The molecule has 1 aliphatic rings. The van der Waals surface area contributed by atoms with Crippen molar-refractivity contribution in [2.45, 2.75) is 26.4 Å². The predicted octanol–water partition coefficient (Wildman–Crippen LogP) is 4.73. The second-order valence-corrected chi connectivity index (χ2v) is 8.14. The molecule has 1 saturated heterocycles. The summed E-state index contributed by atoms with van der Waals surface area (Å²) in [6, 6.07) is 12.0. The molecule has 166 valence electrons. The second kappa shape index (κ2) is 10.2. The third-order valence-electron chi connectivity index (χ3n) is 4.63. The number of hydrogen-bond donors (Lipinski definition) is 2. The number of carbonyl (C=O) groups is 2. The summed E-state index contributed by atoms with van der Waals surface area (Å²) in [5.74, 6) is -0.817. The minimum absolute atomic E-state index is 0.0373. The normalized spacial score (nSPS) is 17.1. The second-order valence-electron chi connectivity index (χ2n) is 7.13. The van der Waals surface area contributed by atoms with E-state index in [1.54, 1.807) is 55.5 Å². The van der Waals surface area contributed by atoms with Crippen LogP contribution in [0, 0.1) is 6.92 Å². The van der Waals surface area contributed by atoms with Crippen molar-refractivity contribution in [1.82, 2.24) is 4.90 Å². The lowest BCUT2D eigenvalue weighted by Crippen LogP contribution is -2.29. The molecule has 32 heavy (non-hydrogen) atoms. The first-order valence-electron chi connectivity index (χ1n) is 10.0. The summed E-state index contributed by atoms with van der Waals surface area (Å²) >= 11 is 1.19. The van der Waals surface area contributed by atoms with Gasteiger partial charge in [-0.05, 0) is 66.6 Å². The van der Waals surface area contributed by atoms with Gasteiger partial charge in [-0.25, -0.2) is 9.79 Å². The third-order valence-corrected chi connectivity index (χ3v) is 5.63. The number of amidine groups is 1. The van der Waals surface area contributed by atoms with E-state index in [2.05, 4.69) is 11.6 Å². The summed E-state index contributed by atoms with van der Waals surface area (Å²) in [7, 11) is 0. The van der Waals surface area contributed by atoms with Gasteiger partial charge in [-0.1, -0.05) is 31.2 Å². The molecule has 2 aromatic carbocycles. The van der Waals surface area contributed by atoms with Crippen molar-refractivity contribution >= 4 is 40.6 Å². The average Bonchev–Trinajstić information content (AvgIpc) is 3.03. The Bertz CT molecular complexity index is 1110. The fourth-order valence-corrected chi connectivity index (χ4v) is 4.01. The van der Waals surface area contributed by atoms with E-state index in [-0.39, 0.29) is 18.2 Å². The highest BCUT2D eigenvalue weighted by Gasteiger charge is 2.32. The smallest absolute Gasteiger partial charge is 0.344 e. The van der Waals surface area contributed by atoms with Crippen LogP contribution >= 0.6 is 11.8 Å². The van der Waals surface area contributed by atoms with Crippen LogP contribution in [0.2, 0.25) is 0 Å². The number of carboxylic acid groups (broad SMARTS) is 1. The maximum Gasteiger partial charge on any atom is 0.344 e. The number of ether oxygens (including phenoxy) is 1. The van der Waals surface area contributed by atoms with Gasteiger partial charge in [0.1, 0.15) is 17.2 Å². The number of aryl methyl sites for hydroxylation is 1. The van der Waals surface area contributed by atoms with Gasteiger partial charge in [0.15, 0.2) is 11.3 Å². The van der Waals surface area contributed by atoms with E-state index in [4.69, 9.17) is 4.74 Å². The van der Waals surface area contributed by atoms with Crippen LogP contribution in [0.25, 0.3) is 6.08 Å². The standard InChI is InChI=1S/C24H24N2O5S/c1-4-11-26-22(28)21(32-24(26)25-18-10-9-15(3)12-19(18)27)14-16-7-6-8-17(13-16)31-20(5-2)23(29)30/h4,6-10,12-14,20,27H,1,5,11H2,2-3H3,(H,29,30)/b21-14-,25-24?. The molecule has 2 N–H and O–H groups in total. The van der Waals surface area contributed by atoms with Gasteiger partial charge >= 0.3 is 5.97 Å². The van der Waals surface area contributed by atoms with E-state index < -0.39 is 12.1 Å². The SMILES string of the molecule is C=CCN1C(=O)/C(=C/c2cccc(OC(CC)C(=O)O)c2)SC1=Nc1ccc(C)cc1O. The lowest BCUT2D eigenvalue weighted by atomic mass is 10.2. The molecule has 7 nitrogen and oxygen atoms in total. The molecule has 0 saturated carbocycles. The van der Waals surface area contributed by atoms with Gasteiger partial charge in [-0.15, -0.1) is 6.58 Å². The Morgan fingerprint density at radius 1 is 1.31 bits per heavy atom. The molecule has 1 atom stereocenters. The number of aliphatic imine (C=N–C) groups is 1. The quantitative estimate of drug-likeness (QED) is 0.444. The molecule has 0 spiro atoms. The van der Waals surface area contributed by atoms with Crippen LogP contribution in [-0.2, 0) is 9.59 Å². The molecule has 0 aromatic heterocycles. The summed E-state index contributed by atoms with van der Waals surface area (Å²) < 4.78 is 5.54. The van der Waals surface area contributed by atoms with Crippen LogP contribution in [0.5, 0.6) is 11.5 Å². The molecular weight excluding hydrogens is 428 g/mol. The largest absolute Gasteiger partial charge is 0.506 e. The van der Waals surface area contributed by atoms with Crippen molar-refractivity contribution in [3.8, 4) is 11.5 Å². The summed E-state index contributed by atoms with van der Waals surface area (Å²) in [4.78, 5) is 30.6. The van der Waals surface area contributed by atoms with Gasteiger partial charge < -0.3 is 14.9 Å². The van der Waals surface area contributed by atoms with E-state index in [9.17, 15) is 19.8 Å². The Morgan fingerprint density at radius 2 is 2.09 bits per heavy atom. The molecule has 1 fully saturated rings. The maximum absolute atomic E-state index is 13.0. The minimum atomic E-state index is -1.03. The molecule has 1 heterocycles. The maximum atomic E-state index is 13.0. The number of aromatic hydroxyl groups is 1. The lowest BCUT2D eigenvalue weighted by molar-refractivity contribution is -0.145. The molecule has 1 unspecified atom stereocenters. The molecule has 1 amide bonds. The fraction of sp³-hybridized carbons (Fsp3) is 0.208. The molecule has 0 aliphatic carbocycles. The first kappa shape index (κ1) is 23.1. The number of thioether (sulfide) groups is 1. The van der Waals surface area contributed by atoms with E-state index >= 15 is 0 Å². The third kappa shape index (κ3) is 5.39. The number of aliphatic carboxylic acids is 1. The lowest BCUT2D eigenvalue weighted by Gasteiger charge is -2.13. The summed E-state index contributed by atoms with van der Waals surface area (Å²) in [5.41, 5.74) is 1.97. The number of rotatable bonds is 8. The van der Waals surface area contributed by atoms with Crippen molar-refractivity contribution in [3.63, 3.8) is 0 Å². The van der Waals surface area contributed by atoms with Crippen molar-refractivity contribution < 1.29 is 24.5 Å².